The Morgan fingerprint density at radius 2 is 1.71 bits per heavy atom. The Morgan fingerprint density at radius 3 is 2.45 bits per heavy atom. The molecular formula is C30H36N6O2. The maximum atomic E-state index is 13.2. The van der Waals surface area contributed by atoms with Crippen LogP contribution in [-0.2, 0) is 18.3 Å². The number of unbranched alkanes of at least 4 members (excludes halogenated alkanes) is 1. The molecule has 0 saturated carbocycles. The van der Waals surface area contributed by atoms with Gasteiger partial charge in [-0.2, -0.15) is 5.10 Å². The van der Waals surface area contributed by atoms with Crippen LogP contribution in [0.2, 0.25) is 0 Å². The number of hydrogen-bond acceptors (Lipinski definition) is 5. The molecule has 4 aromatic rings. The van der Waals surface area contributed by atoms with Crippen LogP contribution in [-0.4, -0.2) is 56.6 Å². The van der Waals surface area contributed by atoms with Gasteiger partial charge in [-0.05, 0) is 76.2 Å². The third-order valence-electron chi connectivity index (χ3n) is 6.38. The molecule has 8 nitrogen and oxygen atoms in total. The van der Waals surface area contributed by atoms with Crippen molar-refractivity contribution in [2.75, 3.05) is 26.0 Å². The average Bonchev–Trinajstić information content (AvgIpc) is 3.53. The third kappa shape index (κ3) is 7.49. The second-order valence-corrected chi connectivity index (χ2v) is 9.85. The van der Waals surface area contributed by atoms with Gasteiger partial charge in [0.25, 0.3) is 5.91 Å². The van der Waals surface area contributed by atoms with Gasteiger partial charge in [0.15, 0.2) is 0 Å². The number of hydrogen-bond donors (Lipinski definition) is 1. The van der Waals surface area contributed by atoms with E-state index in [1.165, 1.54) is 0 Å². The number of rotatable bonds is 13. The van der Waals surface area contributed by atoms with E-state index < -0.39 is 0 Å². The maximum absolute atomic E-state index is 13.2. The van der Waals surface area contributed by atoms with Gasteiger partial charge >= 0.3 is 0 Å². The number of aromatic nitrogens is 4. The average molecular weight is 513 g/mol. The molecule has 0 aliphatic rings. The summed E-state index contributed by atoms with van der Waals surface area (Å²) in [6, 6.07) is 17.3. The first-order chi connectivity index (χ1) is 18.4. The molecule has 1 amide bonds. The molecule has 0 aliphatic heterocycles. The van der Waals surface area contributed by atoms with E-state index >= 15 is 0 Å². The first-order valence-electron chi connectivity index (χ1n) is 13.1. The van der Waals surface area contributed by atoms with Crippen molar-refractivity contribution < 1.29 is 9.59 Å². The normalized spacial score (nSPS) is 11.2. The summed E-state index contributed by atoms with van der Waals surface area (Å²) >= 11 is 0. The molecule has 2 heterocycles. The number of anilines is 1. The van der Waals surface area contributed by atoms with Crippen LogP contribution in [0.15, 0.2) is 73.2 Å². The zero-order chi connectivity index (χ0) is 26.9. The van der Waals surface area contributed by atoms with Crippen LogP contribution < -0.4 is 5.32 Å². The fourth-order valence-electron chi connectivity index (χ4n) is 4.35. The minimum absolute atomic E-state index is 0.238. The molecule has 2 aromatic heterocycles. The zero-order valence-electron chi connectivity index (χ0n) is 22.4. The second-order valence-electron chi connectivity index (χ2n) is 9.85. The molecule has 2 aromatic carbocycles. The van der Waals surface area contributed by atoms with Gasteiger partial charge in [-0.25, -0.2) is 4.98 Å². The molecule has 1 N–H and O–H groups in total. The number of nitrogens with zero attached hydrogens (tertiary/aromatic N) is 5. The minimum Gasteiger partial charge on any atom is -0.309 e. The highest BCUT2D eigenvalue weighted by Gasteiger charge is 2.15. The number of benzene rings is 2. The lowest BCUT2D eigenvalue weighted by molar-refractivity contribution is -0.119. The number of para-hydroxylation sites is 1. The minimum atomic E-state index is -0.238. The highest BCUT2D eigenvalue weighted by Crippen LogP contribution is 2.22. The molecular weight excluding hydrogens is 476 g/mol. The quantitative estimate of drug-likeness (QED) is 0.251. The van der Waals surface area contributed by atoms with Crippen LogP contribution in [0.3, 0.4) is 0 Å². The van der Waals surface area contributed by atoms with Crippen molar-refractivity contribution in [1.82, 2.24) is 24.2 Å². The fourth-order valence-corrected chi connectivity index (χ4v) is 4.35. The summed E-state index contributed by atoms with van der Waals surface area (Å²) in [6.07, 6.45) is 10.2. The molecule has 4 rings (SSSR count). The summed E-state index contributed by atoms with van der Waals surface area (Å²) < 4.78 is 3.63. The highest BCUT2D eigenvalue weighted by atomic mass is 16.1. The SMILES string of the molecule is CN(C)CCCCC(=O)CCCc1cn(-c2ccccc2)c(NC(=O)c2cccc(-c3cnn(C)c3)c2)n1. The van der Waals surface area contributed by atoms with Gasteiger partial charge in [-0.15, -0.1) is 0 Å². The number of carbonyl (C=O) groups excluding carboxylic acids is 2. The van der Waals surface area contributed by atoms with E-state index in [9.17, 15) is 9.59 Å². The molecule has 0 aliphatic carbocycles. The summed E-state index contributed by atoms with van der Waals surface area (Å²) in [5.41, 5.74) is 4.15. The van der Waals surface area contributed by atoms with Gasteiger partial charge in [-0.3, -0.25) is 24.2 Å². The van der Waals surface area contributed by atoms with E-state index in [-0.39, 0.29) is 5.91 Å². The molecule has 8 heteroatoms. The number of carbonyl (C=O) groups is 2. The molecule has 0 atom stereocenters. The number of ketones is 1. The molecule has 0 saturated heterocycles. The summed E-state index contributed by atoms with van der Waals surface area (Å²) in [7, 11) is 5.96. The van der Waals surface area contributed by atoms with Crippen molar-refractivity contribution in [3.8, 4) is 16.8 Å². The first kappa shape index (κ1) is 27.0. The Balaban J connectivity index is 1.43. The summed E-state index contributed by atoms with van der Waals surface area (Å²) in [6.45, 7) is 1.01. The van der Waals surface area contributed by atoms with Gasteiger partial charge in [0, 0.05) is 49.1 Å². The Labute approximate surface area is 224 Å². The van der Waals surface area contributed by atoms with E-state index in [4.69, 9.17) is 4.98 Å². The lowest BCUT2D eigenvalue weighted by Gasteiger charge is -2.09. The van der Waals surface area contributed by atoms with Crippen LogP contribution in [0, 0.1) is 0 Å². The zero-order valence-corrected chi connectivity index (χ0v) is 22.4. The standard InChI is InChI=1S/C30H36N6O2/c1-34(2)18-8-7-16-28(37)17-10-13-26-22-36(27-14-5-4-6-15-27)30(32-26)33-29(38)24-12-9-11-23(19-24)25-20-31-35(3)21-25/h4-6,9,11-12,14-15,19-22H,7-8,10,13,16-18H2,1-3H3,(H,32,33,38). The summed E-state index contributed by atoms with van der Waals surface area (Å²) in [5.74, 6) is 0.518. The smallest absolute Gasteiger partial charge is 0.258 e. The molecule has 0 unspecified atom stereocenters. The van der Waals surface area contributed by atoms with Crippen molar-refractivity contribution in [3.63, 3.8) is 0 Å². The monoisotopic (exact) mass is 512 g/mol. The molecule has 0 spiro atoms. The molecule has 38 heavy (non-hydrogen) atoms. The van der Waals surface area contributed by atoms with Crippen molar-refractivity contribution in [1.29, 1.82) is 0 Å². The van der Waals surface area contributed by atoms with Crippen molar-refractivity contribution >= 4 is 17.6 Å². The van der Waals surface area contributed by atoms with Gasteiger partial charge in [-0.1, -0.05) is 30.3 Å². The lowest BCUT2D eigenvalue weighted by Crippen LogP contribution is -2.15. The molecule has 198 valence electrons. The second kappa shape index (κ2) is 13.0. The maximum Gasteiger partial charge on any atom is 0.258 e. The number of nitrogens with one attached hydrogen (secondary N) is 1. The van der Waals surface area contributed by atoms with Crippen LogP contribution in [0.25, 0.3) is 16.8 Å². The van der Waals surface area contributed by atoms with E-state index in [2.05, 4.69) is 15.3 Å². The first-order valence-corrected chi connectivity index (χ1v) is 13.1. The Kier molecular flexibility index (Phi) is 9.21. The third-order valence-corrected chi connectivity index (χ3v) is 6.38. The topological polar surface area (TPSA) is 85.0 Å². The molecule has 0 radical (unpaired) electrons. The van der Waals surface area contributed by atoms with E-state index in [0.717, 1.165) is 48.3 Å². The number of amides is 1. The Bertz CT molecular complexity index is 1360. The number of imidazole rings is 1. The van der Waals surface area contributed by atoms with Crippen molar-refractivity contribution in [2.24, 2.45) is 7.05 Å². The fraction of sp³-hybridized carbons (Fsp3) is 0.333. The number of Topliss-reactive ketones (excluding diaryl/α,β-unsaturated/α-hetero) is 1. The van der Waals surface area contributed by atoms with Crippen LogP contribution in [0.1, 0.15) is 48.2 Å². The van der Waals surface area contributed by atoms with Gasteiger partial charge in [0.2, 0.25) is 5.95 Å². The lowest BCUT2D eigenvalue weighted by atomic mass is 10.1. The molecule has 0 fully saturated rings. The predicted molar refractivity (Wildman–Crippen MR) is 151 cm³/mol. The highest BCUT2D eigenvalue weighted by molar-refractivity contribution is 6.04. The van der Waals surface area contributed by atoms with E-state index in [1.54, 1.807) is 16.9 Å². The van der Waals surface area contributed by atoms with Gasteiger partial charge < -0.3 is 4.90 Å². The van der Waals surface area contributed by atoms with Crippen molar-refractivity contribution in [2.45, 2.75) is 38.5 Å². The van der Waals surface area contributed by atoms with Crippen molar-refractivity contribution in [3.05, 3.63) is 84.4 Å². The largest absolute Gasteiger partial charge is 0.309 e. The van der Waals surface area contributed by atoms with Crippen LogP contribution >= 0.6 is 0 Å². The van der Waals surface area contributed by atoms with E-state index in [0.29, 0.717) is 36.6 Å². The Morgan fingerprint density at radius 1 is 0.921 bits per heavy atom. The van der Waals surface area contributed by atoms with Crippen LogP contribution in [0.5, 0.6) is 0 Å². The predicted octanol–water partition coefficient (Wildman–Crippen LogP) is 5.15. The van der Waals surface area contributed by atoms with Gasteiger partial charge in [0.1, 0.15) is 5.78 Å². The van der Waals surface area contributed by atoms with Crippen LogP contribution in [0.4, 0.5) is 5.95 Å². The Hall–Kier alpha value is -4.04. The molecule has 0 bridgehead atoms. The van der Waals surface area contributed by atoms with Gasteiger partial charge in [0.05, 0.1) is 11.9 Å². The van der Waals surface area contributed by atoms with E-state index in [1.807, 2.05) is 86.6 Å². The number of aryl methyl sites for hydroxylation is 2. The summed E-state index contributed by atoms with van der Waals surface area (Å²) in [4.78, 5) is 32.4. The summed E-state index contributed by atoms with van der Waals surface area (Å²) in [5, 5.41) is 7.22.